The highest BCUT2D eigenvalue weighted by molar-refractivity contribution is 7.89. The minimum Gasteiger partial charge on any atom is -0.399 e. The zero-order chi connectivity index (χ0) is 15.6. The van der Waals surface area contributed by atoms with E-state index in [4.69, 9.17) is 10.8 Å². The Labute approximate surface area is 119 Å². The average molecular weight is 304 g/mol. The molecule has 1 unspecified atom stereocenters. The Hall–Kier alpha value is -1.18. The van der Waals surface area contributed by atoms with Gasteiger partial charge in [-0.05, 0) is 30.0 Å². The monoisotopic (exact) mass is 304 g/mol. The van der Waals surface area contributed by atoms with E-state index in [1.54, 1.807) is 0 Å². The minimum atomic E-state index is -3.89. The summed E-state index contributed by atoms with van der Waals surface area (Å²) in [6.07, 6.45) is 0.271. The fourth-order valence-corrected chi connectivity index (χ4v) is 3.33. The van der Waals surface area contributed by atoms with Crippen LogP contribution in [0.3, 0.4) is 0 Å². The van der Waals surface area contributed by atoms with Crippen molar-refractivity contribution in [2.45, 2.75) is 38.1 Å². The maximum absolute atomic E-state index is 13.3. The van der Waals surface area contributed by atoms with Crippen molar-refractivity contribution in [3.63, 3.8) is 0 Å². The molecule has 0 fully saturated rings. The van der Waals surface area contributed by atoms with Gasteiger partial charge in [0.1, 0.15) is 5.82 Å². The van der Waals surface area contributed by atoms with Gasteiger partial charge in [-0.25, -0.2) is 17.5 Å². The lowest BCUT2D eigenvalue weighted by molar-refractivity contribution is 0.214. The van der Waals surface area contributed by atoms with Gasteiger partial charge in [-0.15, -0.1) is 0 Å². The molecule has 0 saturated heterocycles. The number of benzene rings is 1. The van der Waals surface area contributed by atoms with Crippen molar-refractivity contribution in [3.8, 4) is 0 Å². The van der Waals surface area contributed by atoms with Gasteiger partial charge in [0, 0.05) is 18.3 Å². The summed E-state index contributed by atoms with van der Waals surface area (Å²) in [6, 6.07) is 2.69. The maximum Gasteiger partial charge on any atom is 0.241 e. The van der Waals surface area contributed by atoms with Crippen molar-refractivity contribution >= 4 is 15.7 Å². The lowest BCUT2D eigenvalue weighted by Crippen LogP contribution is -2.44. The molecule has 0 saturated carbocycles. The van der Waals surface area contributed by atoms with Gasteiger partial charge in [-0.2, -0.15) is 0 Å². The molecule has 0 aliphatic heterocycles. The molecule has 0 aliphatic carbocycles. The van der Waals surface area contributed by atoms with Gasteiger partial charge in [0.2, 0.25) is 10.0 Å². The van der Waals surface area contributed by atoms with Gasteiger partial charge >= 0.3 is 0 Å². The third kappa shape index (κ3) is 4.43. The van der Waals surface area contributed by atoms with E-state index in [2.05, 4.69) is 4.72 Å². The van der Waals surface area contributed by atoms with Crippen LogP contribution in [0.4, 0.5) is 10.1 Å². The number of aliphatic hydroxyl groups excluding tert-OH is 1. The quantitative estimate of drug-likeness (QED) is 0.718. The third-order valence-electron chi connectivity index (χ3n) is 2.96. The number of hydrogen-bond acceptors (Lipinski definition) is 4. The van der Waals surface area contributed by atoms with Crippen molar-refractivity contribution in [1.82, 2.24) is 4.72 Å². The van der Waals surface area contributed by atoms with E-state index in [0.29, 0.717) is 0 Å². The molecule has 5 nitrogen and oxygen atoms in total. The molecule has 20 heavy (non-hydrogen) atoms. The first-order valence-corrected chi connectivity index (χ1v) is 7.74. The summed E-state index contributed by atoms with van der Waals surface area (Å²) in [7, 11) is -3.89. The second-order valence-electron chi connectivity index (χ2n) is 5.77. The highest BCUT2D eigenvalue weighted by Crippen LogP contribution is 2.24. The highest BCUT2D eigenvalue weighted by Gasteiger charge is 2.29. The summed E-state index contributed by atoms with van der Waals surface area (Å²) >= 11 is 0. The van der Waals surface area contributed by atoms with Crippen molar-refractivity contribution in [3.05, 3.63) is 24.0 Å². The SMILES string of the molecule is CC(C)(C)C(CCO)NS(=O)(=O)c1cc(N)cc(F)c1. The smallest absolute Gasteiger partial charge is 0.241 e. The predicted octanol–water partition coefficient (Wildman–Crippen LogP) is 1.48. The molecule has 0 spiro atoms. The summed E-state index contributed by atoms with van der Waals surface area (Å²) in [5.74, 6) is -0.708. The first-order chi connectivity index (χ1) is 9.06. The largest absolute Gasteiger partial charge is 0.399 e. The number of sulfonamides is 1. The number of anilines is 1. The van der Waals surface area contributed by atoms with Crippen molar-refractivity contribution in [1.29, 1.82) is 0 Å². The Morgan fingerprint density at radius 1 is 1.35 bits per heavy atom. The van der Waals surface area contributed by atoms with Gasteiger partial charge in [-0.3, -0.25) is 0 Å². The van der Waals surface area contributed by atoms with Crippen LogP contribution in [0, 0.1) is 11.2 Å². The predicted molar refractivity (Wildman–Crippen MR) is 76.1 cm³/mol. The van der Waals surface area contributed by atoms with Crippen LogP contribution in [0.2, 0.25) is 0 Å². The topological polar surface area (TPSA) is 92.4 Å². The summed E-state index contributed by atoms with van der Waals surface area (Å²) in [4.78, 5) is -0.220. The summed E-state index contributed by atoms with van der Waals surface area (Å²) in [5.41, 5.74) is 5.12. The zero-order valence-electron chi connectivity index (χ0n) is 11.9. The molecule has 0 aromatic heterocycles. The van der Waals surface area contributed by atoms with Gasteiger partial charge in [0.05, 0.1) is 4.90 Å². The zero-order valence-corrected chi connectivity index (χ0v) is 12.7. The molecule has 1 aromatic carbocycles. The Balaban J connectivity index is 3.09. The number of nitrogens with one attached hydrogen (secondary N) is 1. The normalized spacial score (nSPS) is 14.2. The molecule has 0 radical (unpaired) electrons. The van der Waals surface area contributed by atoms with E-state index in [-0.39, 0.29) is 29.0 Å². The van der Waals surface area contributed by atoms with Gasteiger partial charge < -0.3 is 10.8 Å². The van der Waals surface area contributed by atoms with Crippen molar-refractivity contribution in [2.75, 3.05) is 12.3 Å². The van der Waals surface area contributed by atoms with Crippen LogP contribution in [0.5, 0.6) is 0 Å². The number of nitrogen functional groups attached to an aromatic ring is 1. The van der Waals surface area contributed by atoms with Crippen LogP contribution in [0.25, 0.3) is 0 Å². The molecule has 114 valence electrons. The molecule has 0 heterocycles. The van der Waals surface area contributed by atoms with E-state index in [0.717, 1.165) is 12.1 Å². The van der Waals surface area contributed by atoms with E-state index < -0.39 is 21.9 Å². The highest BCUT2D eigenvalue weighted by atomic mass is 32.2. The van der Waals surface area contributed by atoms with Crippen LogP contribution in [0.1, 0.15) is 27.2 Å². The molecule has 1 atom stereocenters. The third-order valence-corrected chi connectivity index (χ3v) is 4.42. The molecular weight excluding hydrogens is 283 g/mol. The van der Waals surface area contributed by atoms with E-state index >= 15 is 0 Å². The van der Waals surface area contributed by atoms with Gasteiger partial charge in [0.15, 0.2) is 0 Å². The lowest BCUT2D eigenvalue weighted by atomic mass is 9.86. The lowest BCUT2D eigenvalue weighted by Gasteiger charge is -2.30. The minimum absolute atomic E-state index is 0.0415. The van der Waals surface area contributed by atoms with Gasteiger partial charge in [-0.1, -0.05) is 20.8 Å². The van der Waals surface area contributed by atoms with E-state index in [1.807, 2.05) is 20.8 Å². The molecule has 4 N–H and O–H groups in total. The Morgan fingerprint density at radius 3 is 2.40 bits per heavy atom. The fraction of sp³-hybridized carbons (Fsp3) is 0.538. The van der Waals surface area contributed by atoms with Crippen LogP contribution >= 0.6 is 0 Å². The average Bonchev–Trinajstić information content (AvgIpc) is 2.25. The van der Waals surface area contributed by atoms with E-state index in [9.17, 15) is 12.8 Å². The van der Waals surface area contributed by atoms with Crippen molar-refractivity contribution in [2.24, 2.45) is 5.41 Å². The molecule has 0 amide bonds. The molecule has 1 rings (SSSR count). The molecular formula is C13H21FN2O3S. The first kappa shape index (κ1) is 16.9. The van der Waals surface area contributed by atoms with Gasteiger partial charge in [0.25, 0.3) is 0 Å². The Morgan fingerprint density at radius 2 is 1.95 bits per heavy atom. The number of aliphatic hydroxyl groups is 1. The fourth-order valence-electron chi connectivity index (χ4n) is 1.79. The summed E-state index contributed by atoms with van der Waals surface area (Å²) in [5, 5.41) is 9.04. The first-order valence-electron chi connectivity index (χ1n) is 6.25. The Kier molecular flexibility index (Phi) is 5.12. The molecule has 1 aromatic rings. The number of nitrogens with two attached hydrogens (primary N) is 1. The number of hydrogen-bond donors (Lipinski definition) is 3. The molecule has 0 bridgehead atoms. The van der Waals surface area contributed by atoms with Crippen LogP contribution in [-0.2, 0) is 10.0 Å². The number of rotatable bonds is 5. The van der Waals surface area contributed by atoms with Crippen LogP contribution < -0.4 is 10.5 Å². The Bertz CT molecular complexity index is 547. The molecule has 0 aliphatic rings. The molecule has 7 heteroatoms. The second kappa shape index (κ2) is 6.07. The summed E-state index contributed by atoms with van der Waals surface area (Å²) in [6.45, 7) is 5.43. The summed E-state index contributed by atoms with van der Waals surface area (Å²) < 4.78 is 40.3. The van der Waals surface area contributed by atoms with Crippen LogP contribution in [0.15, 0.2) is 23.1 Å². The second-order valence-corrected chi connectivity index (χ2v) is 7.49. The standard InChI is InChI=1S/C13H21FN2O3S/c1-13(2,3)12(4-5-17)16-20(18,19)11-7-9(14)6-10(15)8-11/h6-8,12,16-17H,4-5,15H2,1-3H3. The number of halogens is 1. The van der Waals surface area contributed by atoms with Crippen molar-refractivity contribution < 1.29 is 17.9 Å². The maximum atomic E-state index is 13.3. The van der Waals surface area contributed by atoms with E-state index in [1.165, 1.54) is 6.07 Å². The van der Waals surface area contributed by atoms with Crippen LogP contribution in [-0.4, -0.2) is 26.2 Å².